The maximum atomic E-state index is 12.9. The van der Waals surface area contributed by atoms with Gasteiger partial charge in [0, 0.05) is 34.3 Å². The van der Waals surface area contributed by atoms with Gasteiger partial charge in [0.1, 0.15) is 5.71 Å². The first kappa shape index (κ1) is 20.7. The lowest BCUT2D eigenvalue weighted by Gasteiger charge is -2.26. The van der Waals surface area contributed by atoms with Crippen molar-refractivity contribution in [2.24, 2.45) is 5.10 Å². The topological polar surface area (TPSA) is 47.9 Å². The molecule has 29 heavy (non-hydrogen) atoms. The normalized spacial score (nSPS) is 20.1. The van der Waals surface area contributed by atoms with Crippen LogP contribution in [0.15, 0.2) is 29.4 Å². The number of benzene rings is 1. The Kier molecular flexibility index (Phi) is 6.16. The van der Waals surface area contributed by atoms with Gasteiger partial charge < -0.3 is 0 Å². The van der Waals surface area contributed by atoms with Crippen LogP contribution in [-0.2, 0) is 4.79 Å². The van der Waals surface area contributed by atoms with Crippen molar-refractivity contribution in [1.29, 1.82) is 0 Å². The molecule has 1 fully saturated rings. The van der Waals surface area contributed by atoms with E-state index in [1.54, 1.807) is 23.5 Å². The molecule has 0 radical (unpaired) electrons. The van der Waals surface area contributed by atoms with Crippen LogP contribution in [-0.4, -0.2) is 29.7 Å². The molecule has 8 heteroatoms. The maximum Gasteiger partial charge on any atom is 0.281 e. The highest BCUT2D eigenvalue weighted by atomic mass is 35.5. The Morgan fingerprint density at radius 3 is 2.59 bits per heavy atom. The highest BCUT2D eigenvalue weighted by Gasteiger charge is 2.35. The van der Waals surface area contributed by atoms with Crippen molar-refractivity contribution in [3.8, 4) is 0 Å². The second kappa shape index (κ2) is 8.64. The van der Waals surface area contributed by atoms with Crippen LogP contribution in [0.5, 0.6) is 0 Å². The summed E-state index contributed by atoms with van der Waals surface area (Å²) < 4.78 is 0. The summed E-state index contributed by atoms with van der Waals surface area (Å²) in [6, 6.07) is 7.49. The Bertz CT molecular complexity index is 933. The van der Waals surface area contributed by atoms with Crippen LogP contribution >= 0.6 is 34.5 Å². The fraction of sp³-hybridized carbons (Fsp3) is 0.429. The average Bonchev–Trinajstić information content (AvgIpc) is 3.26. The van der Waals surface area contributed by atoms with Crippen LogP contribution in [0, 0.1) is 13.8 Å². The van der Waals surface area contributed by atoms with E-state index in [4.69, 9.17) is 28.3 Å². The highest BCUT2D eigenvalue weighted by molar-refractivity contribution is 7.12. The van der Waals surface area contributed by atoms with Crippen LogP contribution in [0.1, 0.15) is 47.0 Å². The number of rotatable bonds is 4. The number of nitrogens with zero attached hydrogens (tertiary/aromatic N) is 3. The molecular weight excluding hydrogens is 427 g/mol. The molecule has 0 aliphatic carbocycles. The standard InChI is InChI=1S/C21H24Cl2N4OS/c1-13-10-20(29-14(13)2)19-12-17(21(28)25-26-8-4-3-5-9-26)24-27(19)18-7-6-15(22)11-16(18)23/h6-7,10-11,19H,3-5,8-9,12H2,1-2H3,(H,25,28). The number of hydrogen-bond donors (Lipinski definition) is 1. The van der Waals surface area contributed by atoms with Crippen molar-refractivity contribution in [2.75, 3.05) is 18.1 Å². The van der Waals surface area contributed by atoms with Crippen molar-refractivity contribution in [2.45, 2.75) is 45.6 Å². The Hall–Kier alpha value is -1.60. The van der Waals surface area contributed by atoms with Gasteiger partial charge >= 0.3 is 0 Å². The molecule has 1 aromatic carbocycles. The van der Waals surface area contributed by atoms with E-state index in [0.717, 1.165) is 31.6 Å². The second-order valence-corrected chi connectivity index (χ2v) is 9.72. The molecule has 1 aromatic heterocycles. The molecule has 2 aliphatic heterocycles. The van der Waals surface area contributed by atoms with Gasteiger partial charge in [-0.3, -0.25) is 15.2 Å². The maximum absolute atomic E-state index is 12.9. The van der Waals surface area contributed by atoms with Crippen molar-refractivity contribution in [1.82, 2.24) is 10.4 Å². The van der Waals surface area contributed by atoms with Crippen molar-refractivity contribution in [3.05, 3.63) is 49.6 Å². The largest absolute Gasteiger partial charge is 0.284 e. The van der Waals surface area contributed by atoms with Gasteiger partial charge in [0.25, 0.3) is 5.91 Å². The molecular formula is C21H24Cl2N4OS. The minimum Gasteiger partial charge on any atom is -0.284 e. The van der Waals surface area contributed by atoms with E-state index in [9.17, 15) is 4.79 Å². The van der Waals surface area contributed by atoms with Gasteiger partial charge in [0.05, 0.1) is 16.8 Å². The summed E-state index contributed by atoms with van der Waals surface area (Å²) in [5.74, 6) is -0.130. The summed E-state index contributed by atoms with van der Waals surface area (Å²) in [6.45, 7) is 5.99. The molecule has 154 valence electrons. The lowest BCUT2D eigenvalue weighted by atomic mass is 10.1. The second-order valence-electron chi connectivity index (χ2n) is 7.58. The Morgan fingerprint density at radius 2 is 1.93 bits per heavy atom. The molecule has 1 saturated heterocycles. The molecule has 1 atom stereocenters. The molecule has 0 saturated carbocycles. The Labute approximate surface area is 185 Å². The molecule has 1 amide bonds. The lowest BCUT2D eigenvalue weighted by molar-refractivity contribution is -0.119. The third-order valence-electron chi connectivity index (χ3n) is 5.46. The molecule has 1 unspecified atom stereocenters. The fourth-order valence-corrected chi connectivity index (χ4v) is 5.36. The number of carbonyl (C=O) groups is 1. The minimum atomic E-state index is -0.130. The highest BCUT2D eigenvalue weighted by Crippen LogP contribution is 2.42. The number of anilines is 1. The van der Waals surface area contributed by atoms with Crippen molar-refractivity contribution < 1.29 is 4.79 Å². The van der Waals surface area contributed by atoms with E-state index >= 15 is 0 Å². The monoisotopic (exact) mass is 450 g/mol. The van der Waals surface area contributed by atoms with E-state index in [2.05, 4.69) is 25.3 Å². The average molecular weight is 451 g/mol. The van der Waals surface area contributed by atoms with Gasteiger partial charge in [-0.2, -0.15) is 5.10 Å². The van der Waals surface area contributed by atoms with Gasteiger partial charge in [0.15, 0.2) is 0 Å². The third kappa shape index (κ3) is 4.45. The number of thiophene rings is 1. The molecule has 5 nitrogen and oxygen atoms in total. The summed E-state index contributed by atoms with van der Waals surface area (Å²) in [5.41, 5.74) is 5.56. The molecule has 1 N–H and O–H groups in total. The number of hydrogen-bond acceptors (Lipinski definition) is 5. The molecule has 4 rings (SSSR count). The van der Waals surface area contributed by atoms with Gasteiger partial charge in [-0.15, -0.1) is 11.3 Å². The van der Waals surface area contributed by atoms with E-state index < -0.39 is 0 Å². The first-order chi connectivity index (χ1) is 13.9. The van der Waals surface area contributed by atoms with E-state index in [1.165, 1.54) is 21.7 Å². The summed E-state index contributed by atoms with van der Waals surface area (Å²) in [4.78, 5) is 15.4. The Morgan fingerprint density at radius 1 is 1.17 bits per heavy atom. The summed E-state index contributed by atoms with van der Waals surface area (Å²) in [6.07, 6.45) is 3.97. The number of amides is 1. The lowest BCUT2D eigenvalue weighted by Crippen LogP contribution is -2.47. The van der Waals surface area contributed by atoms with E-state index in [-0.39, 0.29) is 11.9 Å². The molecule has 3 heterocycles. The zero-order valence-corrected chi connectivity index (χ0v) is 18.9. The quantitative estimate of drug-likeness (QED) is 0.668. The summed E-state index contributed by atoms with van der Waals surface area (Å²) in [7, 11) is 0. The number of carbonyl (C=O) groups excluding carboxylic acids is 1. The molecule has 2 aliphatic rings. The van der Waals surface area contributed by atoms with E-state index in [0.29, 0.717) is 22.2 Å². The van der Waals surface area contributed by atoms with Gasteiger partial charge in [-0.25, -0.2) is 5.01 Å². The molecule has 0 bridgehead atoms. The number of nitrogens with one attached hydrogen (secondary N) is 1. The van der Waals surface area contributed by atoms with Crippen LogP contribution in [0.4, 0.5) is 5.69 Å². The van der Waals surface area contributed by atoms with Crippen LogP contribution in [0.25, 0.3) is 0 Å². The van der Waals surface area contributed by atoms with Crippen LogP contribution in [0.3, 0.4) is 0 Å². The first-order valence-electron chi connectivity index (χ1n) is 9.87. The van der Waals surface area contributed by atoms with Crippen LogP contribution in [0.2, 0.25) is 10.0 Å². The number of halogens is 2. The third-order valence-corrected chi connectivity index (χ3v) is 7.25. The van der Waals surface area contributed by atoms with Crippen molar-refractivity contribution >= 4 is 51.8 Å². The Balaban J connectivity index is 1.63. The zero-order chi connectivity index (χ0) is 20.5. The minimum absolute atomic E-state index is 0.0619. The number of hydrazine groups is 1. The van der Waals surface area contributed by atoms with Crippen molar-refractivity contribution in [3.63, 3.8) is 0 Å². The fourth-order valence-electron chi connectivity index (χ4n) is 3.74. The smallest absolute Gasteiger partial charge is 0.281 e. The summed E-state index contributed by atoms with van der Waals surface area (Å²) in [5, 5.41) is 9.67. The molecule has 0 spiro atoms. The number of aryl methyl sites for hydroxylation is 2. The van der Waals surface area contributed by atoms with Gasteiger partial charge in [-0.05, 0) is 56.5 Å². The zero-order valence-electron chi connectivity index (χ0n) is 16.5. The number of hydrazone groups is 1. The van der Waals surface area contributed by atoms with Gasteiger partial charge in [0.2, 0.25) is 0 Å². The first-order valence-corrected chi connectivity index (χ1v) is 11.4. The predicted octanol–water partition coefficient (Wildman–Crippen LogP) is 5.50. The van der Waals surface area contributed by atoms with Crippen LogP contribution < -0.4 is 10.4 Å². The SMILES string of the molecule is Cc1cc(C2CC(C(=O)NN3CCCCC3)=NN2c2ccc(Cl)cc2Cl)sc1C. The predicted molar refractivity (Wildman–Crippen MR) is 121 cm³/mol. The number of piperidine rings is 1. The molecule has 2 aromatic rings. The van der Waals surface area contributed by atoms with Gasteiger partial charge in [-0.1, -0.05) is 29.6 Å². The van der Waals surface area contributed by atoms with E-state index in [1.807, 2.05) is 16.1 Å². The summed E-state index contributed by atoms with van der Waals surface area (Å²) >= 11 is 14.3.